The van der Waals surface area contributed by atoms with E-state index in [0.29, 0.717) is 18.0 Å². The molecule has 1 amide bonds. The van der Waals surface area contributed by atoms with Crippen molar-refractivity contribution in [3.05, 3.63) is 28.4 Å². The molecule has 0 saturated heterocycles. The van der Waals surface area contributed by atoms with Gasteiger partial charge < -0.3 is 13.3 Å². The van der Waals surface area contributed by atoms with Crippen molar-refractivity contribution >= 4 is 43.6 Å². The molecule has 0 atom stereocenters. The van der Waals surface area contributed by atoms with Gasteiger partial charge in [-0.2, -0.15) is 31.3 Å². The molecular weight excluding hydrogens is 562 g/mol. The van der Waals surface area contributed by atoms with E-state index in [1.165, 1.54) is 6.08 Å². The number of hydrogen-bond acceptors (Lipinski definition) is 8. The molecule has 0 saturated carbocycles. The van der Waals surface area contributed by atoms with E-state index in [1.54, 1.807) is 24.3 Å². The Bertz CT molecular complexity index is 1090. The van der Waals surface area contributed by atoms with E-state index in [2.05, 4.69) is 31.1 Å². The maximum Gasteiger partial charge on any atom is 0.480 e. The lowest BCUT2D eigenvalue weighted by atomic mass is 10.3. The summed E-state index contributed by atoms with van der Waals surface area (Å²) < 4.78 is 115. The number of quaternary nitrogens is 1. The lowest BCUT2D eigenvalue weighted by Gasteiger charge is -2.35. The molecule has 0 aliphatic carbocycles. The maximum absolute atomic E-state index is 11.7. The number of halogens is 6. The number of benzene rings is 1. The van der Waals surface area contributed by atoms with Gasteiger partial charge in [-0.15, -0.1) is 0 Å². The molecule has 37 heavy (non-hydrogen) atoms. The first-order valence-corrected chi connectivity index (χ1v) is 13.0. The molecule has 11 nitrogen and oxygen atoms in total. The highest BCUT2D eigenvalue weighted by atomic mass is 32.3. The Morgan fingerprint density at radius 3 is 1.73 bits per heavy atom. The highest BCUT2D eigenvalue weighted by Gasteiger charge is 2.46. The summed E-state index contributed by atoms with van der Waals surface area (Å²) in [7, 11) is -13.4. The standard InChI is InChI=1S/C16H23N3O3.C2F6NO4S2/c1-4-19(5-2,6-3)11-12-22-16(21)18-15-9-7-14(8-10-15)17-13-20;3-1(4,5)14(10,11)9-15(12,13)2(6,7)8/h7-10H,4-6,11-12H2,1-3H3;/q;-1/p+1. The summed E-state index contributed by atoms with van der Waals surface area (Å²) in [6.45, 7) is 10.7. The van der Waals surface area contributed by atoms with Crippen LogP contribution in [0.4, 0.5) is 42.5 Å². The molecular formula is C18H24F6N4O7S2. The number of aliphatic imine (C=N–C) groups is 1. The number of isocyanates is 1. The number of likely N-dealkylation sites (N-methyl/N-ethyl adjacent to an activating group) is 1. The molecule has 1 aromatic carbocycles. The number of sulfonamides is 2. The third kappa shape index (κ3) is 11.0. The van der Waals surface area contributed by atoms with Gasteiger partial charge in [0.2, 0.25) is 6.08 Å². The smallest absolute Gasteiger partial charge is 0.443 e. The van der Waals surface area contributed by atoms with Crippen LogP contribution in [0.1, 0.15) is 20.8 Å². The number of carbonyl (C=O) groups excluding carboxylic acids is 2. The van der Waals surface area contributed by atoms with Crippen molar-refractivity contribution in [2.24, 2.45) is 4.99 Å². The van der Waals surface area contributed by atoms with E-state index in [0.717, 1.165) is 34.8 Å². The van der Waals surface area contributed by atoms with E-state index in [1.807, 2.05) is 0 Å². The third-order valence-electron chi connectivity index (χ3n) is 4.88. The Hall–Kier alpha value is -2.73. The second-order valence-corrected chi connectivity index (χ2v) is 10.4. The SMILES string of the molecule is CC[N+](CC)(CC)CCOC(=O)Nc1ccc(N=C=O)cc1.O=S(=O)([N-]S(=O)(=O)C(F)(F)F)C(F)(F)F. The van der Waals surface area contributed by atoms with Gasteiger partial charge in [-0.1, -0.05) is 0 Å². The summed E-state index contributed by atoms with van der Waals surface area (Å²) in [5, 5.41) is 2.64. The van der Waals surface area contributed by atoms with Gasteiger partial charge in [-0.05, 0) is 45.0 Å². The van der Waals surface area contributed by atoms with Gasteiger partial charge in [0.1, 0.15) is 13.2 Å². The monoisotopic (exact) mass is 586 g/mol. The van der Waals surface area contributed by atoms with Crippen LogP contribution in [0.2, 0.25) is 0 Å². The van der Waals surface area contributed by atoms with Crippen LogP contribution in [0, 0.1) is 0 Å². The minimum atomic E-state index is -6.72. The highest BCUT2D eigenvalue weighted by molar-refractivity contribution is 8.13. The molecule has 19 heteroatoms. The molecule has 1 aromatic rings. The minimum Gasteiger partial charge on any atom is -0.443 e. The molecule has 1 N–H and O–H groups in total. The van der Waals surface area contributed by atoms with Gasteiger partial charge >= 0.3 is 17.1 Å². The van der Waals surface area contributed by atoms with Crippen LogP contribution in [0.15, 0.2) is 29.3 Å². The van der Waals surface area contributed by atoms with Gasteiger partial charge in [0.15, 0.2) is 20.0 Å². The number of nitrogens with zero attached hydrogens (tertiary/aromatic N) is 3. The van der Waals surface area contributed by atoms with Crippen molar-refractivity contribution in [2.45, 2.75) is 31.8 Å². The van der Waals surface area contributed by atoms with Gasteiger partial charge in [0.05, 0.1) is 25.3 Å². The average Bonchev–Trinajstić information content (AvgIpc) is 2.77. The van der Waals surface area contributed by atoms with Crippen LogP contribution in [0.25, 0.3) is 4.13 Å². The van der Waals surface area contributed by atoms with Gasteiger partial charge in [0, 0.05) is 5.69 Å². The lowest BCUT2D eigenvalue weighted by molar-refractivity contribution is -0.923. The third-order valence-corrected chi connectivity index (χ3v) is 7.62. The molecule has 0 heterocycles. The van der Waals surface area contributed by atoms with Crippen LogP contribution in [0.3, 0.4) is 0 Å². The predicted octanol–water partition coefficient (Wildman–Crippen LogP) is 4.14. The average molecular weight is 587 g/mol. The number of amides is 1. The molecule has 0 aliphatic rings. The number of anilines is 1. The van der Waals surface area contributed by atoms with E-state index in [-0.39, 0.29) is 0 Å². The largest absolute Gasteiger partial charge is 0.480 e. The first-order valence-electron chi connectivity index (χ1n) is 10.1. The normalized spacial score (nSPS) is 12.6. The van der Waals surface area contributed by atoms with Crippen LogP contribution in [-0.4, -0.2) is 77.3 Å². The Balaban J connectivity index is 0.000000757. The number of hydrogen-bond donors (Lipinski definition) is 1. The zero-order chi connectivity index (χ0) is 29.1. The zero-order valence-electron chi connectivity index (χ0n) is 19.6. The first kappa shape index (κ1) is 34.3. The number of rotatable bonds is 10. The predicted molar refractivity (Wildman–Crippen MR) is 119 cm³/mol. The van der Waals surface area contributed by atoms with Crippen molar-refractivity contribution in [1.82, 2.24) is 0 Å². The zero-order valence-corrected chi connectivity index (χ0v) is 21.3. The quantitative estimate of drug-likeness (QED) is 0.187. The summed E-state index contributed by atoms with van der Waals surface area (Å²) in [4.78, 5) is 25.4. The fourth-order valence-electron chi connectivity index (χ4n) is 2.52. The molecule has 0 bridgehead atoms. The second kappa shape index (κ2) is 13.7. The number of alkyl halides is 6. The van der Waals surface area contributed by atoms with Crippen molar-refractivity contribution in [1.29, 1.82) is 0 Å². The van der Waals surface area contributed by atoms with E-state index < -0.39 is 37.2 Å². The van der Waals surface area contributed by atoms with Crippen LogP contribution < -0.4 is 5.32 Å². The molecule has 212 valence electrons. The minimum absolute atomic E-state index is 0.384. The van der Waals surface area contributed by atoms with Crippen LogP contribution >= 0.6 is 0 Å². The number of nitrogens with one attached hydrogen (secondary N) is 1. The van der Waals surface area contributed by atoms with Crippen molar-refractivity contribution in [2.75, 3.05) is 38.1 Å². The lowest BCUT2D eigenvalue weighted by Crippen LogP contribution is -2.49. The summed E-state index contributed by atoms with van der Waals surface area (Å²) in [6.07, 6.45) is 0.985. The van der Waals surface area contributed by atoms with Crippen molar-refractivity contribution in [3.8, 4) is 0 Å². The molecule has 0 radical (unpaired) electrons. The summed E-state index contributed by atoms with van der Waals surface area (Å²) in [6, 6.07) is 6.55. The van der Waals surface area contributed by atoms with Crippen molar-refractivity contribution in [3.63, 3.8) is 0 Å². The van der Waals surface area contributed by atoms with E-state index in [4.69, 9.17) is 4.74 Å². The number of carbonyl (C=O) groups is 1. The summed E-state index contributed by atoms with van der Waals surface area (Å²) in [5.41, 5.74) is -11.3. The molecule has 1 rings (SSSR count). The second-order valence-electron chi connectivity index (χ2n) is 6.94. The molecule has 0 spiro atoms. The molecule has 0 aliphatic heterocycles. The topological polar surface area (TPSA) is 150 Å². The fraction of sp³-hybridized carbons (Fsp3) is 0.556. The molecule has 0 unspecified atom stereocenters. The highest BCUT2D eigenvalue weighted by Crippen LogP contribution is 2.36. The summed E-state index contributed by atoms with van der Waals surface area (Å²) >= 11 is 0. The Morgan fingerprint density at radius 1 is 0.946 bits per heavy atom. The number of ether oxygens (including phenoxy) is 1. The van der Waals surface area contributed by atoms with E-state index in [9.17, 15) is 52.8 Å². The molecule has 0 fully saturated rings. The first-order chi connectivity index (χ1) is 16.8. The van der Waals surface area contributed by atoms with Crippen LogP contribution in [-0.2, 0) is 29.6 Å². The van der Waals surface area contributed by atoms with Crippen molar-refractivity contribution < 1.29 is 62.0 Å². The Kier molecular flexibility index (Phi) is 12.7. The van der Waals surface area contributed by atoms with Gasteiger partial charge in [-0.25, -0.2) is 26.4 Å². The Morgan fingerprint density at radius 2 is 1.38 bits per heavy atom. The summed E-state index contributed by atoms with van der Waals surface area (Å²) in [5.74, 6) is 0. The maximum atomic E-state index is 11.7. The van der Waals surface area contributed by atoms with Gasteiger partial charge in [-0.3, -0.25) is 5.32 Å². The van der Waals surface area contributed by atoms with E-state index >= 15 is 0 Å². The van der Waals surface area contributed by atoms with Crippen LogP contribution in [0.5, 0.6) is 0 Å². The fourth-order valence-corrected chi connectivity index (χ4v) is 4.23. The Labute approximate surface area is 209 Å². The van der Waals surface area contributed by atoms with Gasteiger partial charge in [0.25, 0.3) is 0 Å². The molecule has 0 aromatic heterocycles.